The van der Waals surface area contributed by atoms with Gasteiger partial charge in [0.25, 0.3) is 0 Å². The Balaban J connectivity index is 1.78. The molecule has 1 aromatic carbocycles. The number of ketones is 1. The second kappa shape index (κ2) is 7.32. The standard InChI is InChI=1S/C19H15N3O2S/c1-12-17(13(2)23)8-15(9-20)19(21-12)25-11-16-10-24-18(22-16)14-6-4-3-5-7-14/h3-8,10H,11H2,1-2H3. The molecule has 3 aromatic rings. The second-order valence-corrected chi connectivity index (χ2v) is 6.40. The number of nitrogens with zero attached hydrogens (tertiary/aromatic N) is 3. The largest absolute Gasteiger partial charge is 0.444 e. The molecule has 3 rings (SSSR count). The molecule has 0 saturated heterocycles. The van der Waals surface area contributed by atoms with Crippen LogP contribution in [0.3, 0.4) is 0 Å². The van der Waals surface area contributed by atoms with E-state index in [-0.39, 0.29) is 5.78 Å². The summed E-state index contributed by atoms with van der Waals surface area (Å²) in [5.74, 6) is 0.992. The van der Waals surface area contributed by atoms with Crippen LogP contribution in [-0.4, -0.2) is 15.8 Å². The van der Waals surface area contributed by atoms with E-state index in [1.165, 1.54) is 18.7 Å². The molecule has 0 unspecified atom stereocenters. The third-order valence-corrected chi connectivity index (χ3v) is 4.63. The maximum absolute atomic E-state index is 11.6. The van der Waals surface area contributed by atoms with E-state index in [1.54, 1.807) is 19.3 Å². The molecule has 0 bridgehead atoms. The van der Waals surface area contributed by atoms with Crippen LogP contribution in [0, 0.1) is 18.3 Å². The highest BCUT2D eigenvalue weighted by atomic mass is 32.2. The molecule has 0 amide bonds. The molecule has 0 saturated carbocycles. The number of rotatable bonds is 5. The van der Waals surface area contributed by atoms with Crippen molar-refractivity contribution in [3.8, 4) is 17.5 Å². The monoisotopic (exact) mass is 349 g/mol. The first-order valence-corrected chi connectivity index (χ1v) is 8.62. The van der Waals surface area contributed by atoms with Crippen molar-refractivity contribution in [1.82, 2.24) is 9.97 Å². The van der Waals surface area contributed by atoms with Crippen LogP contribution in [0.25, 0.3) is 11.5 Å². The zero-order chi connectivity index (χ0) is 17.8. The van der Waals surface area contributed by atoms with Crippen molar-refractivity contribution in [3.63, 3.8) is 0 Å². The number of aromatic nitrogens is 2. The van der Waals surface area contributed by atoms with Gasteiger partial charge in [-0.1, -0.05) is 30.0 Å². The lowest BCUT2D eigenvalue weighted by Gasteiger charge is -2.06. The van der Waals surface area contributed by atoms with E-state index in [0.717, 1.165) is 11.3 Å². The Morgan fingerprint density at radius 3 is 2.72 bits per heavy atom. The van der Waals surface area contributed by atoms with Gasteiger partial charge >= 0.3 is 0 Å². The van der Waals surface area contributed by atoms with Gasteiger partial charge in [-0.15, -0.1) is 0 Å². The average Bonchev–Trinajstić information content (AvgIpc) is 3.09. The fourth-order valence-electron chi connectivity index (χ4n) is 2.36. The number of benzene rings is 1. The molecule has 0 fully saturated rings. The SMILES string of the molecule is CC(=O)c1cc(C#N)c(SCc2coc(-c3ccccc3)n2)nc1C. The van der Waals surface area contributed by atoms with Crippen LogP contribution in [0.1, 0.15) is 34.2 Å². The molecule has 0 aliphatic rings. The van der Waals surface area contributed by atoms with Crippen molar-refractivity contribution in [2.24, 2.45) is 0 Å². The summed E-state index contributed by atoms with van der Waals surface area (Å²) in [5, 5.41) is 9.91. The summed E-state index contributed by atoms with van der Waals surface area (Å²) in [6.45, 7) is 3.24. The molecular weight excluding hydrogens is 334 g/mol. The van der Waals surface area contributed by atoms with Gasteiger partial charge < -0.3 is 4.42 Å². The molecule has 0 N–H and O–H groups in total. The molecule has 0 radical (unpaired) electrons. The van der Waals surface area contributed by atoms with Crippen molar-refractivity contribution in [2.75, 3.05) is 0 Å². The van der Waals surface area contributed by atoms with Crippen molar-refractivity contribution < 1.29 is 9.21 Å². The highest BCUT2D eigenvalue weighted by Gasteiger charge is 2.14. The fraction of sp³-hybridized carbons (Fsp3) is 0.158. The third kappa shape index (κ3) is 3.78. The van der Waals surface area contributed by atoms with E-state index < -0.39 is 0 Å². The number of carbonyl (C=O) groups is 1. The zero-order valence-corrected chi connectivity index (χ0v) is 14.6. The Kier molecular flexibility index (Phi) is 4.96. The molecule has 2 heterocycles. The van der Waals surface area contributed by atoms with E-state index in [0.29, 0.717) is 33.5 Å². The smallest absolute Gasteiger partial charge is 0.226 e. The van der Waals surface area contributed by atoms with Gasteiger partial charge in [-0.05, 0) is 32.0 Å². The van der Waals surface area contributed by atoms with E-state index in [1.807, 2.05) is 30.3 Å². The highest BCUT2D eigenvalue weighted by Crippen LogP contribution is 2.27. The molecule has 0 aliphatic carbocycles. The van der Waals surface area contributed by atoms with Gasteiger partial charge in [0.05, 0.1) is 11.3 Å². The van der Waals surface area contributed by atoms with Crippen LogP contribution in [0.4, 0.5) is 0 Å². The summed E-state index contributed by atoms with van der Waals surface area (Å²) >= 11 is 1.40. The highest BCUT2D eigenvalue weighted by molar-refractivity contribution is 7.98. The van der Waals surface area contributed by atoms with Crippen LogP contribution >= 0.6 is 11.8 Å². The number of nitriles is 1. The number of oxazole rings is 1. The van der Waals surface area contributed by atoms with E-state index in [9.17, 15) is 10.1 Å². The maximum atomic E-state index is 11.6. The quantitative estimate of drug-likeness (QED) is 0.501. The Morgan fingerprint density at radius 1 is 1.28 bits per heavy atom. The first-order valence-electron chi connectivity index (χ1n) is 7.64. The number of hydrogen-bond donors (Lipinski definition) is 0. The average molecular weight is 349 g/mol. The Bertz CT molecular complexity index is 959. The van der Waals surface area contributed by atoms with Gasteiger partial charge in [0, 0.05) is 22.6 Å². The lowest BCUT2D eigenvalue weighted by atomic mass is 10.1. The molecule has 5 nitrogen and oxygen atoms in total. The minimum Gasteiger partial charge on any atom is -0.444 e. The van der Waals surface area contributed by atoms with Gasteiger partial charge in [-0.3, -0.25) is 4.79 Å². The van der Waals surface area contributed by atoms with Crippen LogP contribution in [0.5, 0.6) is 0 Å². The van der Waals surface area contributed by atoms with E-state index >= 15 is 0 Å². The van der Waals surface area contributed by atoms with Crippen molar-refractivity contribution in [3.05, 3.63) is 65.2 Å². The maximum Gasteiger partial charge on any atom is 0.226 e. The van der Waals surface area contributed by atoms with Crippen LogP contribution in [0.15, 0.2) is 52.1 Å². The zero-order valence-electron chi connectivity index (χ0n) is 13.8. The number of Topliss-reactive ketones (excluding diaryl/α,β-unsaturated/α-hetero) is 1. The van der Waals surface area contributed by atoms with Gasteiger partial charge in [0.1, 0.15) is 17.4 Å². The van der Waals surface area contributed by atoms with Crippen molar-refractivity contribution in [2.45, 2.75) is 24.6 Å². The summed E-state index contributed by atoms with van der Waals surface area (Å²) in [6, 6.07) is 13.4. The van der Waals surface area contributed by atoms with Gasteiger partial charge in [0.15, 0.2) is 5.78 Å². The lowest BCUT2D eigenvalue weighted by molar-refractivity contribution is 0.101. The molecule has 124 valence electrons. The Hall–Kier alpha value is -2.91. The Labute approximate surface area is 149 Å². The van der Waals surface area contributed by atoms with Gasteiger partial charge in [-0.25, -0.2) is 9.97 Å². The van der Waals surface area contributed by atoms with Crippen molar-refractivity contribution in [1.29, 1.82) is 5.26 Å². The predicted octanol–water partition coefficient (Wildman–Crippen LogP) is 4.41. The van der Waals surface area contributed by atoms with Crippen LogP contribution < -0.4 is 0 Å². The fourth-order valence-corrected chi connectivity index (χ4v) is 3.24. The second-order valence-electron chi connectivity index (χ2n) is 5.44. The molecular formula is C19H15N3O2S. The minimum atomic E-state index is -0.0953. The first-order chi connectivity index (χ1) is 12.1. The summed E-state index contributed by atoms with van der Waals surface area (Å²) < 4.78 is 5.52. The topological polar surface area (TPSA) is 79.8 Å². The van der Waals surface area contributed by atoms with Crippen LogP contribution in [0.2, 0.25) is 0 Å². The molecule has 0 aliphatic heterocycles. The molecule has 6 heteroatoms. The van der Waals surface area contributed by atoms with Gasteiger partial charge in [-0.2, -0.15) is 5.26 Å². The summed E-state index contributed by atoms with van der Waals surface area (Å²) in [5.41, 5.74) is 3.18. The number of hydrogen-bond acceptors (Lipinski definition) is 6. The van der Waals surface area contributed by atoms with Gasteiger partial charge in [0.2, 0.25) is 5.89 Å². The number of carbonyl (C=O) groups excluding carboxylic acids is 1. The van der Waals surface area contributed by atoms with E-state index in [2.05, 4.69) is 16.0 Å². The summed E-state index contributed by atoms with van der Waals surface area (Å²) in [7, 11) is 0. The summed E-state index contributed by atoms with van der Waals surface area (Å²) in [4.78, 5) is 20.5. The third-order valence-electron chi connectivity index (χ3n) is 3.61. The molecule has 0 atom stereocenters. The normalized spacial score (nSPS) is 10.4. The first kappa shape index (κ1) is 16.9. The predicted molar refractivity (Wildman–Crippen MR) is 95.2 cm³/mol. The van der Waals surface area contributed by atoms with Crippen molar-refractivity contribution >= 4 is 17.5 Å². The minimum absolute atomic E-state index is 0.0953. The summed E-state index contributed by atoms with van der Waals surface area (Å²) in [6.07, 6.45) is 1.61. The Morgan fingerprint density at radius 2 is 2.04 bits per heavy atom. The molecule has 25 heavy (non-hydrogen) atoms. The number of aryl methyl sites for hydroxylation is 1. The lowest BCUT2D eigenvalue weighted by Crippen LogP contribution is -2.02. The molecule has 2 aromatic heterocycles. The number of pyridine rings is 1. The molecule has 0 spiro atoms. The number of thioether (sulfide) groups is 1. The van der Waals surface area contributed by atoms with E-state index in [4.69, 9.17) is 4.42 Å². The van der Waals surface area contributed by atoms with Crippen LogP contribution in [-0.2, 0) is 5.75 Å².